The minimum Gasteiger partial charge on any atom is -0.504 e. The van der Waals surface area contributed by atoms with Crippen LogP contribution in [-0.4, -0.2) is 36.0 Å². The predicted molar refractivity (Wildman–Crippen MR) is 102 cm³/mol. The number of phenols is 2. The number of rotatable bonds is 8. The Morgan fingerprint density at radius 1 is 0.821 bits per heavy atom. The zero-order chi connectivity index (χ0) is 19.8. The van der Waals surface area contributed by atoms with Gasteiger partial charge in [-0.3, -0.25) is 9.59 Å². The molecule has 0 fully saturated rings. The first-order valence-electron chi connectivity index (χ1n) is 8.08. The molecule has 148 valence electrons. The molecule has 7 heteroatoms. The molecule has 0 spiro atoms. The first-order chi connectivity index (χ1) is 12.9. The standard InChI is InChI=1S/C21H20O6.Fe/c1-26-20-11-14(5-9-18(20)24)3-7-16(22)13-17(23)8-4-15-6-10-19(25)21(12-15)27-2;/h3-12,24-25H,13H2,1-2H3;/b7-3+,8-4+;. The summed E-state index contributed by atoms with van der Waals surface area (Å²) >= 11 is 0. The molecule has 0 aromatic heterocycles. The van der Waals surface area contributed by atoms with Gasteiger partial charge in [0.15, 0.2) is 34.6 Å². The molecule has 0 saturated carbocycles. The van der Waals surface area contributed by atoms with Gasteiger partial charge in [-0.15, -0.1) is 0 Å². The van der Waals surface area contributed by atoms with E-state index in [0.29, 0.717) is 22.6 Å². The number of aromatic hydroxyl groups is 2. The van der Waals surface area contributed by atoms with Crippen molar-refractivity contribution in [3.63, 3.8) is 0 Å². The molecule has 2 N–H and O–H groups in total. The number of allylic oxidation sites excluding steroid dienone is 2. The maximum atomic E-state index is 11.9. The van der Waals surface area contributed by atoms with E-state index in [-0.39, 0.29) is 46.6 Å². The fraction of sp³-hybridized carbons (Fsp3) is 0.143. The van der Waals surface area contributed by atoms with Crippen molar-refractivity contribution in [3.8, 4) is 23.0 Å². The quantitative estimate of drug-likeness (QED) is 0.384. The Morgan fingerprint density at radius 2 is 1.21 bits per heavy atom. The smallest absolute Gasteiger partial charge is 0.163 e. The monoisotopic (exact) mass is 424 g/mol. The van der Waals surface area contributed by atoms with Gasteiger partial charge >= 0.3 is 0 Å². The largest absolute Gasteiger partial charge is 0.504 e. The van der Waals surface area contributed by atoms with E-state index in [0.717, 1.165) is 0 Å². The van der Waals surface area contributed by atoms with Crippen LogP contribution in [0.5, 0.6) is 23.0 Å². The van der Waals surface area contributed by atoms with Gasteiger partial charge in [0.25, 0.3) is 0 Å². The molecule has 0 radical (unpaired) electrons. The molecule has 0 atom stereocenters. The van der Waals surface area contributed by atoms with Gasteiger partial charge in [0.1, 0.15) is 0 Å². The average molecular weight is 424 g/mol. The summed E-state index contributed by atoms with van der Waals surface area (Å²) in [6.45, 7) is 0. The van der Waals surface area contributed by atoms with E-state index in [2.05, 4.69) is 0 Å². The molecule has 0 aliphatic heterocycles. The van der Waals surface area contributed by atoms with Crippen molar-refractivity contribution in [2.45, 2.75) is 6.42 Å². The van der Waals surface area contributed by atoms with Gasteiger partial charge in [0.05, 0.1) is 20.6 Å². The van der Waals surface area contributed by atoms with Crippen LogP contribution >= 0.6 is 0 Å². The average Bonchev–Trinajstić information content (AvgIpc) is 2.66. The molecule has 0 unspecified atom stereocenters. The topological polar surface area (TPSA) is 93.1 Å². The number of carbonyl (C=O) groups is 2. The Bertz CT molecular complexity index is 828. The van der Waals surface area contributed by atoms with Gasteiger partial charge in [0.2, 0.25) is 0 Å². The molecule has 0 aliphatic carbocycles. The summed E-state index contributed by atoms with van der Waals surface area (Å²) < 4.78 is 10.00. The SMILES string of the molecule is COc1cc(/C=C/C(=O)CC(=O)/C=C/c2ccc(O)c(OC)c2)ccc1O.[Fe]. The number of ether oxygens (including phenoxy) is 2. The molecule has 0 amide bonds. The summed E-state index contributed by atoms with van der Waals surface area (Å²) in [6, 6.07) is 9.34. The third kappa shape index (κ3) is 6.61. The van der Waals surface area contributed by atoms with Crippen LogP contribution in [0.1, 0.15) is 17.5 Å². The second-order valence-electron chi connectivity index (χ2n) is 5.64. The molecule has 2 rings (SSSR count). The van der Waals surface area contributed by atoms with E-state index in [1.807, 2.05) is 0 Å². The Hall–Kier alpha value is -3.02. The minimum atomic E-state index is -0.347. The Balaban J connectivity index is 0.00000392. The van der Waals surface area contributed by atoms with Crippen molar-refractivity contribution in [3.05, 3.63) is 59.7 Å². The van der Waals surface area contributed by atoms with E-state index in [4.69, 9.17) is 9.47 Å². The molecular weight excluding hydrogens is 404 g/mol. The molecule has 28 heavy (non-hydrogen) atoms. The van der Waals surface area contributed by atoms with Crippen LogP contribution < -0.4 is 9.47 Å². The fourth-order valence-electron chi connectivity index (χ4n) is 2.26. The third-order valence-corrected chi connectivity index (χ3v) is 3.68. The molecule has 2 aromatic rings. The Kier molecular flexibility index (Phi) is 9.02. The van der Waals surface area contributed by atoms with E-state index in [1.54, 1.807) is 36.4 Å². The zero-order valence-electron chi connectivity index (χ0n) is 15.4. The number of ketones is 2. The molecule has 2 aromatic carbocycles. The number of hydrogen-bond acceptors (Lipinski definition) is 6. The number of phenolic OH excluding ortho intramolecular Hbond substituents is 2. The van der Waals surface area contributed by atoms with Crippen molar-refractivity contribution in [2.24, 2.45) is 0 Å². The van der Waals surface area contributed by atoms with Crippen LogP contribution in [0.25, 0.3) is 12.2 Å². The minimum absolute atomic E-state index is 0. The molecule has 0 bridgehead atoms. The van der Waals surface area contributed by atoms with Gasteiger partial charge < -0.3 is 19.7 Å². The summed E-state index contributed by atoms with van der Waals surface area (Å²) in [5.41, 5.74) is 1.33. The maximum Gasteiger partial charge on any atom is 0.163 e. The first kappa shape index (κ1) is 23.0. The summed E-state index contributed by atoms with van der Waals surface area (Å²) in [5, 5.41) is 19.1. The van der Waals surface area contributed by atoms with Gasteiger partial charge in [-0.25, -0.2) is 0 Å². The van der Waals surface area contributed by atoms with Crippen molar-refractivity contribution in [1.29, 1.82) is 0 Å². The molecule has 0 saturated heterocycles. The van der Waals surface area contributed by atoms with Gasteiger partial charge in [-0.2, -0.15) is 0 Å². The third-order valence-electron chi connectivity index (χ3n) is 3.68. The van der Waals surface area contributed by atoms with Crippen molar-refractivity contribution in [1.82, 2.24) is 0 Å². The molecular formula is C21H20FeO6. The summed E-state index contributed by atoms with van der Waals surface area (Å²) in [5.74, 6) is -0.0832. The van der Waals surface area contributed by atoms with Crippen molar-refractivity contribution >= 4 is 23.7 Å². The maximum absolute atomic E-state index is 11.9. The number of carbonyl (C=O) groups excluding carboxylic acids is 2. The first-order valence-corrected chi connectivity index (χ1v) is 8.08. The Morgan fingerprint density at radius 3 is 1.57 bits per heavy atom. The van der Waals surface area contributed by atoms with Crippen LogP contribution in [0.4, 0.5) is 0 Å². The molecule has 0 heterocycles. The molecule has 6 nitrogen and oxygen atoms in total. The van der Waals surface area contributed by atoms with Gasteiger partial charge in [0, 0.05) is 17.1 Å². The van der Waals surface area contributed by atoms with E-state index in [1.165, 1.54) is 38.5 Å². The zero-order valence-corrected chi connectivity index (χ0v) is 16.5. The van der Waals surface area contributed by atoms with Crippen LogP contribution in [0.2, 0.25) is 0 Å². The van der Waals surface area contributed by atoms with Crippen LogP contribution in [0.15, 0.2) is 48.6 Å². The number of hydrogen-bond donors (Lipinski definition) is 2. The Labute approximate surface area is 173 Å². The van der Waals surface area contributed by atoms with Crippen LogP contribution in [0.3, 0.4) is 0 Å². The van der Waals surface area contributed by atoms with Crippen molar-refractivity contribution < 1.29 is 46.3 Å². The van der Waals surface area contributed by atoms with E-state index < -0.39 is 0 Å². The van der Waals surface area contributed by atoms with Crippen molar-refractivity contribution in [2.75, 3.05) is 14.2 Å². The fourth-order valence-corrected chi connectivity index (χ4v) is 2.26. The van der Waals surface area contributed by atoms with Crippen LogP contribution in [-0.2, 0) is 26.7 Å². The van der Waals surface area contributed by atoms with E-state index >= 15 is 0 Å². The number of benzene rings is 2. The van der Waals surface area contributed by atoms with E-state index in [9.17, 15) is 19.8 Å². The summed E-state index contributed by atoms with van der Waals surface area (Å²) in [4.78, 5) is 23.9. The van der Waals surface area contributed by atoms with Crippen LogP contribution in [0, 0.1) is 0 Å². The normalized spacial score (nSPS) is 10.6. The summed E-state index contributed by atoms with van der Waals surface area (Å²) in [7, 11) is 2.87. The van der Waals surface area contributed by atoms with Gasteiger partial charge in [-0.05, 0) is 47.5 Å². The second kappa shape index (κ2) is 11.0. The molecule has 0 aliphatic rings. The predicted octanol–water partition coefficient (Wildman–Crippen LogP) is 3.37. The second-order valence-corrected chi connectivity index (χ2v) is 5.64. The summed E-state index contributed by atoms with van der Waals surface area (Å²) in [6.07, 6.45) is 5.44. The van der Waals surface area contributed by atoms with Gasteiger partial charge in [-0.1, -0.05) is 24.3 Å². The number of methoxy groups -OCH3 is 2.